The highest BCUT2D eigenvalue weighted by atomic mass is 32.2. The summed E-state index contributed by atoms with van der Waals surface area (Å²) in [6, 6.07) is 0. The summed E-state index contributed by atoms with van der Waals surface area (Å²) in [5, 5.41) is 0. The third kappa shape index (κ3) is 4.91. The van der Waals surface area contributed by atoms with Crippen molar-refractivity contribution in [1.82, 2.24) is 4.72 Å². The third-order valence-corrected chi connectivity index (χ3v) is 4.75. The molecule has 1 fully saturated rings. The van der Waals surface area contributed by atoms with Gasteiger partial charge in [0.2, 0.25) is 10.0 Å². The van der Waals surface area contributed by atoms with E-state index in [0.717, 1.165) is 25.7 Å². The van der Waals surface area contributed by atoms with E-state index in [-0.39, 0.29) is 17.8 Å². The molecule has 0 radical (unpaired) electrons. The minimum Gasteiger partial charge on any atom is -0.381 e. The molecule has 0 atom stereocenters. The van der Waals surface area contributed by atoms with Crippen molar-refractivity contribution in [3.8, 4) is 0 Å². The number of sulfonamides is 1. The Morgan fingerprint density at radius 2 is 2.00 bits per heavy atom. The van der Waals surface area contributed by atoms with Gasteiger partial charge in [-0.1, -0.05) is 12.8 Å². The van der Waals surface area contributed by atoms with Crippen LogP contribution >= 0.6 is 0 Å². The van der Waals surface area contributed by atoms with E-state index in [1.807, 2.05) is 6.92 Å². The zero-order valence-electron chi connectivity index (χ0n) is 10.6. The minimum absolute atomic E-state index is 0.0152. The molecule has 1 aliphatic carbocycles. The first kappa shape index (κ1) is 14.9. The van der Waals surface area contributed by atoms with Gasteiger partial charge in [0.15, 0.2) is 0 Å². The first-order valence-electron chi connectivity index (χ1n) is 6.29. The van der Waals surface area contributed by atoms with Gasteiger partial charge in [0.05, 0.1) is 12.4 Å². The molecule has 0 spiro atoms. The van der Waals surface area contributed by atoms with Gasteiger partial charge in [-0.05, 0) is 31.7 Å². The van der Waals surface area contributed by atoms with E-state index in [2.05, 4.69) is 4.72 Å². The van der Waals surface area contributed by atoms with E-state index in [1.54, 1.807) is 0 Å². The van der Waals surface area contributed by atoms with Gasteiger partial charge in [-0.2, -0.15) is 0 Å². The summed E-state index contributed by atoms with van der Waals surface area (Å²) in [7, 11) is -3.22. The van der Waals surface area contributed by atoms with Crippen LogP contribution in [-0.4, -0.2) is 40.5 Å². The van der Waals surface area contributed by atoms with Gasteiger partial charge in [-0.3, -0.25) is 0 Å². The first-order valence-corrected chi connectivity index (χ1v) is 7.94. The Balaban J connectivity index is 2.37. The van der Waals surface area contributed by atoms with Crippen molar-refractivity contribution in [3.63, 3.8) is 0 Å². The molecule has 0 heterocycles. The van der Waals surface area contributed by atoms with Crippen LogP contribution in [0.25, 0.3) is 0 Å². The van der Waals surface area contributed by atoms with Gasteiger partial charge >= 0.3 is 0 Å². The summed E-state index contributed by atoms with van der Waals surface area (Å²) in [4.78, 5) is 0. The molecular weight excluding hydrogens is 240 g/mol. The Hall–Kier alpha value is -0.170. The van der Waals surface area contributed by atoms with Gasteiger partial charge in [0, 0.05) is 13.2 Å². The number of ether oxygens (including phenoxy) is 1. The lowest BCUT2D eigenvalue weighted by atomic mass is 9.87. The van der Waals surface area contributed by atoms with Crippen molar-refractivity contribution >= 4 is 10.0 Å². The van der Waals surface area contributed by atoms with Crippen molar-refractivity contribution in [1.29, 1.82) is 0 Å². The first-order chi connectivity index (χ1) is 8.04. The predicted octanol–water partition coefficient (Wildman–Crippen LogP) is 0.461. The fourth-order valence-corrected chi connectivity index (χ4v) is 3.23. The third-order valence-electron chi connectivity index (χ3n) is 3.46. The summed E-state index contributed by atoms with van der Waals surface area (Å²) in [6.45, 7) is 3.67. The van der Waals surface area contributed by atoms with Gasteiger partial charge in [0.25, 0.3) is 0 Å². The summed E-state index contributed by atoms with van der Waals surface area (Å²) in [6.07, 6.45) is 4.35. The Kier molecular flexibility index (Phi) is 5.85. The maximum Gasteiger partial charge on any atom is 0.213 e. The number of hydrogen-bond donors (Lipinski definition) is 2. The number of hydrogen-bond acceptors (Lipinski definition) is 4. The van der Waals surface area contributed by atoms with Crippen LogP contribution in [0.3, 0.4) is 0 Å². The topological polar surface area (TPSA) is 81.4 Å². The predicted molar refractivity (Wildman–Crippen MR) is 68.2 cm³/mol. The maximum absolute atomic E-state index is 11.7. The number of nitrogens with one attached hydrogen (secondary N) is 1. The molecule has 0 amide bonds. The molecule has 6 heteroatoms. The molecular formula is C11H24N2O3S. The van der Waals surface area contributed by atoms with E-state index in [4.69, 9.17) is 10.5 Å². The van der Waals surface area contributed by atoms with Gasteiger partial charge < -0.3 is 10.5 Å². The lowest BCUT2D eigenvalue weighted by molar-refractivity contribution is 0.163. The fourth-order valence-electron chi connectivity index (χ4n) is 2.23. The maximum atomic E-state index is 11.7. The zero-order chi connectivity index (χ0) is 12.8. The molecule has 3 N–H and O–H groups in total. The van der Waals surface area contributed by atoms with Crippen LogP contribution in [-0.2, 0) is 14.8 Å². The molecule has 5 nitrogen and oxygen atoms in total. The molecule has 0 aromatic heterocycles. The molecule has 0 aliphatic heterocycles. The summed E-state index contributed by atoms with van der Waals surface area (Å²) in [5.41, 5.74) is 5.75. The standard InChI is InChI=1S/C11H24N2O3S/c1-2-16-7-8-17(14,15)13-10-11(9-12)5-3-4-6-11/h13H,2-10,12H2,1H3. The average molecular weight is 264 g/mol. The molecule has 0 saturated heterocycles. The Labute approximate surface area is 104 Å². The SMILES string of the molecule is CCOCCS(=O)(=O)NCC1(CN)CCCC1. The van der Waals surface area contributed by atoms with Gasteiger partial charge in [-0.25, -0.2) is 13.1 Å². The van der Waals surface area contributed by atoms with Crippen LogP contribution in [0, 0.1) is 5.41 Å². The Morgan fingerprint density at radius 3 is 2.53 bits per heavy atom. The average Bonchev–Trinajstić information content (AvgIpc) is 2.76. The van der Waals surface area contributed by atoms with Gasteiger partial charge in [-0.15, -0.1) is 0 Å². The van der Waals surface area contributed by atoms with E-state index >= 15 is 0 Å². The second-order valence-corrected chi connectivity index (χ2v) is 6.67. The summed E-state index contributed by atoms with van der Waals surface area (Å²) in [5.74, 6) is 0.0293. The molecule has 1 saturated carbocycles. The second kappa shape index (κ2) is 6.68. The normalized spacial score (nSPS) is 19.6. The number of rotatable bonds is 8. The van der Waals surface area contributed by atoms with E-state index in [1.165, 1.54) is 0 Å². The van der Waals surface area contributed by atoms with Crippen LogP contribution in [0.4, 0.5) is 0 Å². The van der Waals surface area contributed by atoms with Crippen molar-refractivity contribution in [2.45, 2.75) is 32.6 Å². The molecule has 0 aromatic rings. The molecule has 1 aliphatic rings. The van der Waals surface area contributed by atoms with Crippen molar-refractivity contribution < 1.29 is 13.2 Å². The van der Waals surface area contributed by atoms with Crippen LogP contribution in [0.15, 0.2) is 0 Å². The summed E-state index contributed by atoms with van der Waals surface area (Å²) < 4.78 is 31.1. The summed E-state index contributed by atoms with van der Waals surface area (Å²) >= 11 is 0. The molecule has 17 heavy (non-hydrogen) atoms. The van der Waals surface area contributed by atoms with Crippen molar-refractivity contribution in [3.05, 3.63) is 0 Å². The van der Waals surface area contributed by atoms with Crippen molar-refractivity contribution in [2.24, 2.45) is 11.1 Å². The van der Waals surface area contributed by atoms with Crippen LogP contribution in [0.2, 0.25) is 0 Å². The van der Waals surface area contributed by atoms with E-state index in [9.17, 15) is 8.42 Å². The van der Waals surface area contributed by atoms with Crippen LogP contribution in [0.1, 0.15) is 32.6 Å². The quantitative estimate of drug-likeness (QED) is 0.624. The monoisotopic (exact) mass is 264 g/mol. The van der Waals surface area contributed by atoms with Crippen LogP contribution < -0.4 is 10.5 Å². The lowest BCUT2D eigenvalue weighted by Gasteiger charge is -2.27. The highest BCUT2D eigenvalue weighted by Gasteiger charge is 2.33. The molecule has 1 rings (SSSR count). The molecule has 0 aromatic carbocycles. The number of nitrogens with two attached hydrogens (primary N) is 1. The Morgan fingerprint density at radius 1 is 1.35 bits per heavy atom. The molecule has 0 unspecified atom stereocenters. The fraction of sp³-hybridized carbons (Fsp3) is 1.00. The zero-order valence-corrected chi connectivity index (χ0v) is 11.4. The van der Waals surface area contributed by atoms with Gasteiger partial charge in [0.1, 0.15) is 0 Å². The largest absolute Gasteiger partial charge is 0.381 e. The van der Waals surface area contributed by atoms with E-state index < -0.39 is 10.0 Å². The minimum atomic E-state index is -3.22. The molecule has 0 bridgehead atoms. The highest BCUT2D eigenvalue weighted by molar-refractivity contribution is 7.89. The molecule has 102 valence electrons. The smallest absolute Gasteiger partial charge is 0.213 e. The van der Waals surface area contributed by atoms with Crippen molar-refractivity contribution in [2.75, 3.05) is 32.1 Å². The van der Waals surface area contributed by atoms with Crippen LogP contribution in [0.5, 0.6) is 0 Å². The lowest BCUT2D eigenvalue weighted by Crippen LogP contribution is -2.41. The Bertz CT molecular complexity index is 311. The second-order valence-electron chi connectivity index (χ2n) is 4.75. The van der Waals surface area contributed by atoms with E-state index in [0.29, 0.717) is 19.7 Å². The highest BCUT2D eigenvalue weighted by Crippen LogP contribution is 2.36.